The molecule has 0 aromatic heterocycles. The fourth-order valence-corrected chi connectivity index (χ4v) is 1.96. The molecule has 3 nitrogen and oxygen atoms in total. The van der Waals surface area contributed by atoms with E-state index in [2.05, 4.69) is 12.2 Å². The zero-order chi connectivity index (χ0) is 11.5. The Balaban J connectivity index is 1.93. The molecule has 0 atom stereocenters. The van der Waals surface area contributed by atoms with Gasteiger partial charge in [-0.05, 0) is 6.32 Å². The first-order valence-corrected chi connectivity index (χ1v) is 6.87. The minimum atomic E-state index is 0.0493. The molecular weight excluding hydrogens is 201 g/mol. The maximum Gasteiger partial charge on any atom is 0.456 e. The van der Waals surface area contributed by atoms with Crippen LogP contribution in [0.5, 0.6) is 0 Å². The number of hydrogen-bond donors (Lipinski definition) is 1. The van der Waals surface area contributed by atoms with Crippen LogP contribution in [0.15, 0.2) is 0 Å². The molecule has 0 unspecified atom stereocenters. The highest BCUT2D eigenvalue weighted by Gasteiger charge is 2.18. The third kappa shape index (κ3) is 7.26. The summed E-state index contributed by atoms with van der Waals surface area (Å²) in [6, 6.07) is 0. The molecule has 0 aromatic carbocycles. The van der Waals surface area contributed by atoms with Crippen molar-refractivity contribution in [2.24, 2.45) is 0 Å². The number of rotatable bonds is 7. The first-order chi connectivity index (χ1) is 7.93. The van der Waals surface area contributed by atoms with Crippen LogP contribution >= 0.6 is 0 Å². The molecule has 0 radical (unpaired) electrons. The van der Waals surface area contributed by atoms with Crippen LogP contribution < -0.4 is 5.32 Å². The molecule has 0 saturated carbocycles. The first-order valence-electron chi connectivity index (χ1n) is 6.87. The Morgan fingerprint density at radius 3 is 2.25 bits per heavy atom. The molecule has 1 aliphatic rings. The summed E-state index contributed by atoms with van der Waals surface area (Å²) < 4.78 is 11.3. The van der Waals surface area contributed by atoms with E-state index in [4.69, 9.17) is 9.31 Å². The predicted molar refractivity (Wildman–Crippen MR) is 68.7 cm³/mol. The van der Waals surface area contributed by atoms with Gasteiger partial charge in [0.1, 0.15) is 0 Å². The van der Waals surface area contributed by atoms with Crippen molar-refractivity contribution in [1.82, 2.24) is 5.32 Å². The van der Waals surface area contributed by atoms with E-state index in [1.54, 1.807) is 0 Å². The fourth-order valence-electron chi connectivity index (χ4n) is 1.96. The lowest BCUT2D eigenvalue weighted by molar-refractivity contribution is 0.176. The maximum atomic E-state index is 5.63. The minimum absolute atomic E-state index is 0.0493. The first kappa shape index (κ1) is 14.0. The van der Waals surface area contributed by atoms with Gasteiger partial charge in [0.2, 0.25) is 0 Å². The third-order valence-electron chi connectivity index (χ3n) is 2.96. The monoisotopic (exact) mass is 227 g/mol. The quantitative estimate of drug-likeness (QED) is 0.535. The molecule has 0 bridgehead atoms. The Labute approximate surface area is 100 Å². The highest BCUT2D eigenvalue weighted by atomic mass is 16.6. The zero-order valence-electron chi connectivity index (χ0n) is 10.7. The third-order valence-corrected chi connectivity index (χ3v) is 2.96. The molecule has 4 heteroatoms. The van der Waals surface area contributed by atoms with Crippen LogP contribution in [0.1, 0.15) is 45.4 Å². The van der Waals surface area contributed by atoms with E-state index in [0.29, 0.717) is 0 Å². The van der Waals surface area contributed by atoms with Gasteiger partial charge < -0.3 is 14.6 Å². The van der Waals surface area contributed by atoms with E-state index in [1.165, 1.54) is 38.5 Å². The van der Waals surface area contributed by atoms with Crippen molar-refractivity contribution >= 4 is 7.12 Å². The number of nitrogens with one attached hydrogen (secondary N) is 1. The second kappa shape index (κ2) is 10.1. The van der Waals surface area contributed by atoms with Gasteiger partial charge in [-0.1, -0.05) is 45.4 Å². The highest BCUT2D eigenvalue weighted by Crippen LogP contribution is 2.10. The van der Waals surface area contributed by atoms with Crippen LogP contribution in [0.4, 0.5) is 0 Å². The SMILES string of the molecule is CCCCCCCCB1OCCNCCO1. The van der Waals surface area contributed by atoms with Gasteiger partial charge in [0.15, 0.2) is 0 Å². The van der Waals surface area contributed by atoms with Crippen molar-refractivity contribution in [2.45, 2.75) is 51.8 Å². The summed E-state index contributed by atoms with van der Waals surface area (Å²) >= 11 is 0. The van der Waals surface area contributed by atoms with Crippen LogP contribution in [0.2, 0.25) is 6.32 Å². The molecule has 1 saturated heterocycles. The van der Waals surface area contributed by atoms with E-state index in [-0.39, 0.29) is 7.12 Å². The number of hydrogen-bond acceptors (Lipinski definition) is 3. The molecule has 0 amide bonds. The van der Waals surface area contributed by atoms with Crippen molar-refractivity contribution < 1.29 is 9.31 Å². The lowest BCUT2D eigenvalue weighted by Crippen LogP contribution is -2.35. The normalized spacial score (nSPS) is 18.2. The van der Waals surface area contributed by atoms with Crippen molar-refractivity contribution in [3.05, 3.63) is 0 Å². The van der Waals surface area contributed by atoms with Crippen LogP contribution in [0.3, 0.4) is 0 Å². The zero-order valence-corrected chi connectivity index (χ0v) is 10.7. The van der Waals surface area contributed by atoms with Crippen LogP contribution in [0.25, 0.3) is 0 Å². The Morgan fingerprint density at radius 2 is 1.56 bits per heavy atom. The van der Waals surface area contributed by atoms with Gasteiger partial charge in [-0.15, -0.1) is 0 Å². The molecule has 1 heterocycles. The molecule has 1 N–H and O–H groups in total. The van der Waals surface area contributed by atoms with Crippen LogP contribution in [0, 0.1) is 0 Å². The average molecular weight is 227 g/mol. The molecule has 94 valence electrons. The minimum Gasteiger partial charge on any atom is -0.410 e. The fraction of sp³-hybridized carbons (Fsp3) is 1.00. The molecule has 16 heavy (non-hydrogen) atoms. The summed E-state index contributed by atoms with van der Waals surface area (Å²) in [7, 11) is 0.0493. The second-order valence-electron chi connectivity index (χ2n) is 4.48. The van der Waals surface area contributed by atoms with Crippen LogP contribution in [-0.4, -0.2) is 33.4 Å². The average Bonchev–Trinajstić information content (AvgIpc) is 2.25. The lowest BCUT2D eigenvalue weighted by Gasteiger charge is -2.18. The second-order valence-corrected chi connectivity index (χ2v) is 4.48. The van der Waals surface area contributed by atoms with Gasteiger partial charge >= 0.3 is 7.12 Å². The van der Waals surface area contributed by atoms with Crippen LogP contribution in [-0.2, 0) is 9.31 Å². The van der Waals surface area contributed by atoms with E-state index < -0.39 is 0 Å². The highest BCUT2D eigenvalue weighted by molar-refractivity contribution is 6.44. The molecule has 1 aliphatic heterocycles. The smallest absolute Gasteiger partial charge is 0.410 e. The Bertz CT molecular complexity index is 150. The number of unbranched alkanes of at least 4 members (excludes halogenated alkanes) is 5. The summed E-state index contributed by atoms with van der Waals surface area (Å²) in [5, 5.41) is 3.25. The van der Waals surface area contributed by atoms with Crippen molar-refractivity contribution in [3.8, 4) is 0 Å². The maximum absolute atomic E-state index is 5.63. The van der Waals surface area contributed by atoms with E-state index in [0.717, 1.165) is 32.6 Å². The van der Waals surface area contributed by atoms with Gasteiger partial charge in [0.25, 0.3) is 0 Å². The standard InChI is InChI=1S/C12H26BNO2/c1-2-3-4-5-6-7-8-13-15-11-9-14-10-12-16-13/h14H,2-12H2,1H3. The van der Waals surface area contributed by atoms with E-state index in [9.17, 15) is 0 Å². The molecular formula is C12H26BNO2. The topological polar surface area (TPSA) is 30.5 Å². The Kier molecular flexibility index (Phi) is 8.86. The largest absolute Gasteiger partial charge is 0.456 e. The molecule has 0 aromatic rings. The van der Waals surface area contributed by atoms with E-state index >= 15 is 0 Å². The molecule has 1 rings (SSSR count). The van der Waals surface area contributed by atoms with Crippen molar-refractivity contribution in [1.29, 1.82) is 0 Å². The van der Waals surface area contributed by atoms with Crippen molar-refractivity contribution in [2.75, 3.05) is 26.3 Å². The summed E-state index contributed by atoms with van der Waals surface area (Å²) in [6.45, 7) is 5.72. The van der Waals surface area contributed by atoms with Gasteiger partial charge in [-0.2, -0.15) is 0 Å². The summed E-state index contributed by atoms with van der Waals surface area (Å²) in [6.07, 6.45) is 9.06. The predicted octanol–water partition coefficient (Wildman–Crippen LogP) is 2.47. The molecule has 1 fully saturated rings. The summed E-state index contributed by atoms with van der Waals surface area (Å²) in [5.74, 6) is 0. The summed E-state index contributed by atoms with van der Waals surface area (Å²) in [4.78, 5) is 0. The van der Waals surface area contributed by atoms with Gasteiger partial charge in [0, 0.05) is 26.3 Å². The summed E-state index contributed by atoms with van der Waals surface area (Å²) in [5.41, 5.74) is 0. The van der Waals surface area contributed by atoms with Gasteiger partial charge in [-0.3, -0.25) is 0 Å². The Morgan fingerprint density at radius 1 is 0.938 bits per heavy atom. The Hall–Kier alpha value is -0.0551. The molecule has 0 spiro atoms. The van der Waals surface area contributed by atoms with E-state index in [1.807, 2.05) is 0 Å². The molecule has 0 aliphatic carbocycles. The lowest BCUT2D eigenvalue weighted by atomic mass is 9.81. The van der Waals surface area contributed by atoms with Gasteiger partial charge in [-0.25, -0.2) is 0 Å². The van der Waals surface area contributed by atoms with Crippen molar-refractivity contribution in [3.63, 3.8) is 0 Å². The van der Waals surface area contributed by atoms with Gasteiger partial charge in [0.05, 0.1) is 0 Å².